The van der Waals surface area contributed by atoms with E-state index in [1.54, 1.807) is 0 Å². The zero-order valence-corrected chi connectivity index (χ0v) is 19.8. The summed E-state index contributed by atoms with van der Waals surface area (Å²) in [5.74, 6) is -4.71. The molecule has 0 amide bonds. The third-order valence-corrected chi connectivity index (χ3v) is 7.74. The Balaban J connectivity index is 1.42. The molecule has 0 radical (unpaired) electrons. The highest BCUT2D eigenvalue weighted by Crippen LogP contribution is 2.39. The zero-order valence-electron chi connectivity index (χ0n) is 19.8. The Morgan fingerprint density at radius 2 is 1.38 bits per heavy atom. The molecule has 1 fully saturated rings. The molecule has 184 valence electrons. The zero-order chi connectivity index (χ0) is 24.2. The molecule has 2 aromatic rings. The van der Waals surface area contributed by atoms with Crippen molar-refractivity contribution in [2.45, 2.75) is 84.0 Å². The van der Waals surface area contributed by atoms with E-state index in [9.17, 15) is 17.6 Å². The lowest BCUT2D eigenvalue weighted by Gasteiger charge is -2.29. The molecule has 0 saturated heterocycles. The molecule has 4 rings (SSSR count). The van der Waals surface area contributed by atoms with E-state index < -0.39 is 34.6 Å². The lowest BCUT2D eigenvalue weighted by atomic mass is 9.77. The Bertz CT molecular complexity index is 1020. The van der Waals surface area contributed by atoms with Crippen LogP contribution >= 0.6 is 0 Å². The van der Waals surface area contributed by atoms with E-state index in [0.29, 0.717) is 36.1 Å². The number of hydrogen-bond acceptors (Lipinski definition) is 0. The normalized spacial score (nSPS) is 20.2. The number of allylic oxidation sites excluding steroid dienone is 1. The third-order valence-electron chi connectivity index (χ3n) is 7.74. The fraction of sp³-hybridized carbons (Fsp3) is 0.517. The summed E-state index contributed by atoms with van der Waals surface area (Å²) < 4.78 is 70.6. The Morgan fingerprint density at radius 3 is 2.03 bits per heavy atom. The molecule has 0 heterocycles. The molecule has 2 aromatic carbocycles. The van der Waals surface area contributed by atoms with Gasteiger partial charge in [-0.1, -0.05) is 69.9 Å². The summed E-state index contributed by atoms with van der Waals surface area (Å²) in [5.41, 5.74) is 1.18. The SMILES string of the molecule is CCCCCC1CCC(CCC2=Cc3cc(F)c(-c4cc(F)c(F)c(F)c4)c(F)c3CC2)CC1. The molecule has 1 saturated carbocycles. The van der Waals surface area contributed by atoms with Gasteiger partial charge in [0.05, 0.1) is 5.56 Å². The summed E-state index contributed by atoms with van der Waals surface area (Å²) in [7, 11) is 0. The molecule has 0 atom stereocenters. The lowest BCUT2D eigenvalue weighted by molar-refractivity contribution is 0.249. The average molecular weight is 477 g/mol. The number of benzene rings is 2. The van der Waals surface area contributed by atoms with Crippen LogP contribution in [0.1, 0.15) is 88.7 Å². The topological polar surface area (TPSA) is 0 Å². The fourth-order valence-corrected chi connectivity index (χ4v) is 5.68. The van der Waals surface area contributed by atoms with Crippen molar-refractivity contribution in [3.8, 4) is 11.1 Å². The van der Waals surface area contributed by atoms with Crippen molar-refractivity contribution in [1.82, 2.24) is 0 Å². The van der Waals surface area contributed by atoms with E-state index in [-0.39, 0.29) is 5.56 Å². The monoisotopic (exact) mass is 476 g/mol. The maximum absolute atomic E-state index is 15.2. The van der Waals surface area contributed by atoms with Gasteiger partial charge in [-0.2, -0.15) is 0 Å². The van der Waals surface area contributed by atoms with Crippen molar-refractivity contribution < 1.29 is 22.0 Å². The molecule has 5 heteroatoms. The summed E-state index contributed by atoms with van der Waals surface area (Å²) in [4.78, 5) is 0. The van der Waals surface area contributed by atoms with Crippen molar-refractivity contribution in [3.63, 3.8) is 0 Å². The number of unbranched alkanes of at least 4 members (excludes halogenated alkanes) is 2. The van der Waals surface area contributed by atoms with Gasteiger partial charge >= 0.3 is 0 Å². The molecule has 0 bridgehead atoms. The molecule has 2 aliphatic rings. The van der Waals surface area contributed by atoms with Crippen LogP contribution in [0.3, 0.4) is 0 Å². The smallest absolute Gasteiger partial charge is 0.194 e. The van der Waals surface area contributed by atoms with Gasteiger partial charge < -0.3 is 0 Å². The second-order valence-electron chi connectivity index (χ2n) is 10.1. The summed E-state index contributed by atoms with van der Waals surface area (Å²) in [5, 5.41) is 0. The second-order valence-corrected chi connectivity index (χ2v) is 10.1. The molecule has 0 nitrogen and oxygen atoms in total. The number of halogens is 5. The quantitative estimate of drug-likeness (QED) is 0.202. The van der Waals surface area contributed by atoms with Gasteiger partial charge in [0, 0.05) is 0 Å². The first kappa shape index (κ1) is 24.9. The van der Waals surface area contributed by atoms with Crippen LogP contribution in [0.4, 0.5) is 22.0 Å². The van der Waals surface area contributed by atoms with Gasteiger partial charge in [0.15, 0.2) is 17.5 Å². The van der Waals surface area contributed by atoms with Gasteiger partial charge in [-0.3, -0.25) is 0 Å². The summed E-state index contributed by atoms with van der Waals surface area (Å²) in [6, 6.07) is 2.50. The van der Waals surface area contributed by atoms with Gasteiger partial charge in [0.2, 0.25) is 0 Å². The predicted octanol–water partition coefficient (Wildman–Crippen LogP) is 9.55. The van der Waals surface area contributed by atoms with E-state index in [2.05, 4.69) is 6.92 Å². The van der Waals surface area contributed by atoms with Gasteiger partial charge in [-0.25, -0.2) is 22.0 Å². The molecule has 34 heavy (non-hydrogen) atoms. The van der Waals surface area contributed by atoms with Crippen LogP contribution < -0.4 is 0 Å². The second kappa shape index (κ2) is 11.0. The molecule has 0 aromatic heterocycles. The standard InChI is InChI=1S/C29H33F5/c1-2-3-4-5-18-6-8-19(9-7-18)10-11-20-12-13-23-21(14-20)15-24(30)27(28(23)33)22-16-25(31)29(34)26(32)17-22/h14-19H,2-13H2,1H3. The Hall–Kier alpha value is -2.17. The highest BCUT2D eigenvalue weighted by atomic mass is 19.2. The number of hydrogen-bond donors (Lipinski definition) is 0. The lowest BCUT2D eigenvalue weighted by Crippen LogP contribution is -2.15. The van der Waals surface area contributed by atoms with Crippen molar-refractivity contribution in [2.24, 2.45) is 11.8 Å². The van der Waals surface area contributed by atoms with Crippen molar-refractivity contribution in [1.29, 1.82) is 0 Å². The van der Waals surface area contributed by atoms with Gasteiger partial charge in [0.1, 0.15) is 11.6 Å². The first-order valence-electron chi connectivity index (χ1n) is 12.7. The highest BCUT2D eigenvalue weighted by Gasteiger charge is 2.25. The molecular formula is C29H33F5. The van der Waals surface area contributed by atoms with E-state index in [4.69, 9.17) is 0 Å². The van der Waals surface area contributed by atoms with Crippen molar-refractivity contribution >= 4 is 6.08 Å². The molecule has 0 aliphatic heterocycles. The Kier molecular flexibility index (Phi) is 8.10. The Morgan fingerprint density at radius 1 is 0.735 bits per heavy atom. The maximum Gasteiger partial charge on any atom is 0.194 e. The molecule has 0 unspecified atom stereocenters. The van der Waals surface area contributed by atoms with E-state index >= 15 is 4.39 Å². The molecule has 0 N–H and O–H groups in total. The molecular weight excluding hydrogens is 443 g/mol. The minimum absolute atomic E-state index is 0.339. The van der Waals surface area contributed by atoms with Crippen LogP contribution in [-0.4, -0.2) is 0 Å². The number of rotatable bonds is 8. The third kappa shape index (κ3) is 5.55. The van der Waals surface area contributed by atoms with Gasteiger partial charge in [0.25, 0.3) is 0 Å². The minimum Gasteiger partial charge on any atom is -0.206 e. The van der Waals surface area contributed by atoms with Crippen molar-refractivity contribution in [2.75, 3.05) is 0 Å². The van der Waals surface area contributed by atoms with Gasteiger partial charge in [-0.05, 0) is 72.4 Å². The van der Waals surface area contributed by atoms with Crippen LogP contribution in [0.25, 0.3) is 17.2 Å². The highest BCUT2D eigenvalue weighted by molar-refractivity contribution is 5.71. The van der Waals surface area contributed by atoms with Crippen LogP contribution in [0.2, 0.25) is 0 Å². The first-order valence-corrected chi connectivity index (χ1v) is 12.7. The van der Waals surface area contributed by atoms with Gasteiger partial charge in [-0.15, -0.1) is 0 Å². The number of fused-ring (bicyclic) bond motifs is 1. The summed E-state index contributed by atoms with van der Waals surface area (Å²) in [6.07, 6.45) is 15.5. The van der Waals surface area contributed by atoms with Crippen molar-refractivity contribution in [3.05, 3.63) is 64.0 Å². The van der Waals surface area contributed by atoms with E-state index in [0.717, 1.165) is 24.7 Å². The average Bonchev–Trinajstić information content (AvgIpc) is 2.82. The molecule has 2 aliphatic carbocycles. The fourth-order valence-electron chi connectivity index (χ4n) is 5.68. The molecule has 0 spiro atoms. The van der Waals surface area contributed by atoms with Crippen LogP contribution in [-0.2, 0) is 6.42 Å². The summed E-state index contributed by atoms with van der Waals surface area (Å²) >= 11 is 0. The maximum atomic E-state index is 15.2. The van der Waals surface area contributed by atoms with E-state index in [1.807, 2.05) is 6.08 Å². The largest absolute Gasteiger partial charge is 0.206 e. The van der Waals surface area contributed by atoms with Crippen LogP contribution in [0.15, 0.2) is 23.8 Å². The Labute approximate surface area is 199 Å². The predicted molar refractivity (Wildman–Crippen MR) is 127 cm³/mol. The van der Waals surface area contributed by atoms with E-state index in [1.165, 1.54) is 63.0 Å². The van der Waals surface area contributed by atoms with Crippen LogP contribution in [0, 0.1) is 40.9 Å². The first-order chi connectivity index (χ1) is 16.4. The van der Waals surface area contributed by atoms with Crippen LogP contribution in [0.5, 0.6) is 0 Å². The summed E-state index contributed by atoms with van der Waals surface area (Å²) in [6.45, 7) is 2.24. The minimum atomic E-state index is -1.65.